The highest BCUT2D eigenvalue weighted by molar-refractivity contribution is 7.07. The molecule has 1 unspecified atom stereocenters. The van der Waals surface area contributed by atoms with Crippen molar-refractivity contribution in [3.63, 3.8) is 0 Å². The monoisotopic (exact) mass is 261 g/mol. The lowest BCUT2D eigenvalue weighted by molar-refractivity contribution is 0.0935. The predicted octanol–water partition coefficient (Wildman–Crippen LogP) is 2.68. The first kappa shape index (κ1) is 12.6. The minimum Gasteiger partial charge on any atom is -0.388 e. The molecule has 0 bridgehead atoms. The molecule has 0 saturated heterocycles. The molecule has 4 nitrogen and oxygen atoms in total. The number of hydrogen-bond donors (Lipinski definition) is 2. The summed E-state index contributed by atoms with van der Waals surface area (Å²) >= 11 is 1.62. The van der Waals surface area contributed by atoms with Gasteiger partial charge in [0.15, 0.2) is 0 Å². The van der Waals surface area contributed by atoms with E-state index in [2.05, 4.69) is 15.6 Å². The minimum absolute atomic E-state index is 0.0104. The van der Waals surface area contributed by atoms with E-state index >= 15 is 0 Å². The van der Waals surface area contributed by atoms with Gasteiger partial charge in [0.2, 0.25) is 0 Å². The zero-order valence-electron chi connectivity index (χ0n) is 10.3. The number of rotatable bonds is 4. The zero-order valence-corrected chi connectivity index (χ0v) is 11.1. The summed E-state index contributed by atoms with van der Waals surface area (Å²) in [5, 5.41) is 9.94. The fourth-order valence-electron chi connectivity index (χ4n) is 1.59. The molecule has 18 heavy (non-hydrogen) atoms. The van der Waals surface area contributed by atoms with Crippen molar-refractivity contribution in [2.45, 2.75) is 13.0 Å². The Morgan fingerprint density at radius 1 is 1.44 bits per heavy atom. The maximum atomic E-state index is 12.0. The number of carbonyl (C=O) groups excluding carboxylic acids is 1. The molecule has 0 aliphatic rings. The molecule has 2 aromatic heterocycles. The third kappa shape index (κ3) is 2.87. The first-order chi connectivity index (χ1) is 8.70. The maximum Gasteiger partial charge on any atom is 0.270 e. The van der Waals surface area contributed by atoms with E-state index in [1.807, 2.05) is 36.9 Å². The van der Waals surface area contributed by atoms with Gasteiger partial charge in [-0.25, -0.2) is 0 Å². The molecule has 1 atom stereocenters. The molecule has 0 aromatic carbocycles. The van der Waals surface area contributed by atoms with E-state index in [1.165, 1.54) is 0 Å². The van der Waals surface area contributed by atoms with E-state index < -0.39 is 0 Å². The predicted molar refractivity (Wildman–Crippen MR) is 74.0 cm³/mol. The molecule has 5 heteroatoms. The van der Waals surface area contributed by atoms with Crippen LogP contribution in [0, 0.1) is 0 Å². The van der Waals surface area contributed by atoms with Crippen molar-refractivity contribution in [1.82, 2.24) is 10.3 Å². The zero-order chi connectivity index (χ0) is 13.0. The summed E-state index contributed by atoms with van der Waals surface area (Å²) in [6.07, 6.45) is 1.62. The van der Waals surface area contributed by atoms with Crippen LogP contribution >= 0.6 is 11.3 Å². The van der Waals surface area contributed by atoms with Crippen molar-refractivity contribution in [1.29, 1.82) is 0 Å². The Morgan fingerprint density at radius 2 is 2.28 bits per heavy atom. The van der Waals surface area contributed by atoms with Gasteiger partial charge in [-0.1, -0.05) is 0 Å². The highest BCUT2D eigenvalue weighted by Crippen LogP contribution is 2.16. The summed E-state index contributed by atoms with van der Waals surface area (Å²) < 4.78 is 0. The number of nitrogens with zero attached hydrogens (tertiary/aromatic N) is 1. The molecular weight excluding hydrogens is 246 g/mol. The Labute approximate surface area is 110 Å². The van der Waals surface area contributed by atoms with Gasteiger partial charge in [0.1, 0.15) is 5.69 Å². The minimum atomic E-state index is -0.161. The molecule has 0 fully saturated rings. The van der Waals surface area contributed by atoms with Crippen LogP contribution in [0.25, 0.3) is 0 Å². The van der Waals surface area contributed by atoms with Crippen molar-refractivity contribution in [2.24, 2.45) is 0 Å². The van der Waals surface area contributed by atoms with Crippen LogP contribution < -0.4 is 10.6 Å². The fraction of sp³-hybridized carbons (Fsp3) is 0.231. The summed E-state index contributed by atoms with van der Waals surface area (Å²) in [6.45, 7) is 1.96. The highest BCUT2D eigenvalue weighted by Gasteiger charge is 2.12. The summed E-state index contributed by atoms with van der Waals surface area (Å²) in [5.41, 5.74) is 2.40. The molecule has 2 N–H and O–H groups in total. The van der Waals surface area contributed by atoms with Gasteiger partial charge in [-0.15, -0.1) is 0 Å². The summed E-state index contributed by atoms with van der Waals surface area (Å²) in [6, 6.07) is 5.55. The normalized spacial score (nSPS) is 11.9. The Morgan fingerprint density at radius 3 is 2.94 bits per heavy atom. The third-order valence-electron chi connectivity index (χ3n) is 2.67. The van der Waals surface area contributed by atoms with Gasteiger partial charge < -0.3 is 10.6 Å². The Kier molecular flexibility index (Phi) is 3.94. The quantitative estimate of drug-likeness (QED) is 0.889. The number of amides is 1. The molecule has 0 aliphatic heterocycles. The lowest BCUT2D eigenvalue weighted by Gasteiger charge is -2.12. The molecule has 0 spiro atoms. The van der Waals surface area contributed by atoms with Crippen molar-refractivity contribution in [2.75, 3.05) is 12.4 Å². The lowest BCUT2D eigenvalue weighted by Crippen LogP contribution is -2.27. The first-order valence-corrected chi connectivity index (χ1v) is 6.61. The van der Waals surface area contributed by atoms with Crippen molar-refractivity contribution >= 4 is 22.9 Å². The molecular formula is C13H15N3OS. The van der Waals surface area contributed by atoms with Crippen molar-refractivity contribution in [3.05, 3.63) is 46.4 Å². The summed E-state index contributed by atoms with van der Waals surface area (Å²) in [7, 11) is 1.81. The van der Waals surface area contributed by atoms with E-state index in [9.17, 15) is 4.79 Å². The maximum absolute atomic E-state index is 12.0. The van der Waals surface area contributed by atoms with Crippen LogP contribution in [0.15, 0.2) is 35.2 Å². The molecule has 2 rings (SSSR count). The number of anilines is 1. The first-order valence-electron chi connectivity index (χ1n) is 5.67. The van der Waals surface area contributed by atoms with Gasteiger partial charge in [-0.3, -0.25) is 9.78 Å². The van der Waals surface area contributed by atoms with Crippen LogP contribution in [0.1, 0.15) is 29.0 Å². The van der Waals surface area contributed by atoms with E-state index in [4.69, 9.17) is 0 Å². The molecule has 0 saturated carbocycles. The summed E-state index contributed by atoms with van der Waals surface area (Å²) in [5.74, 6) is -0.161. The van der Waals surface area contributed by atoms with Crippen LogP contribution in [-0.4, -0.2) is 17.9 Å². The number of hydrogen-bond acceptors (Lipinski definition) is 4. The van der Waals surface area contributed by atoms with Crippen LogP contribution in [0.4, 0.5) is 5.69 Å². The van der Waals surface area contributed by atoms with Gasteiger partial charge in [-0.05, 0) is 41.4 Å². The third-order valence-corrected chi connectivity index (χ3v) is 3.37. The van der Waals surface area contributed by atoms with Crippen LogP contribution in [0.3, 0.4) is 0 Å². The van der Waals surface area contributed by atoms with Crippen molar-refractivity contribution < 1.29 is 4.79 Å². The topological polar surface area (TPSA) is 54.0 Å². The molecule has 2 heterocycles. The highest BCUT2D eigenvalue weighted by atomic mass is 32.1. The smallest absolute Gasteiger partial charge is 0.270 e. The van der Waals surface area contributed by atoms with E-state index in [0.717, 1.165) is 11.3 Å². The standard InChI is InChI=1S/C13H15N3OS/c1-9(10-4-6-18-8-10)16-13(17)12-7-11(14-2)3-5-15-12/h3-9H,1-2H3,(H,14,15)(H,16,17). The van der Waals surface area contributed by atoms with Crippen molar-refractivity contribution in [3.8, 4) is 0 Å². The Bertz CT molecular complexity index is 525. The second kappa shape index (κ2) is 5.64. The number of carbonyl (C=O) groups is 1. The second-order valence-corrected chi connectivity index (χ2v) is 4.71. The number of aromatic nitrogens is 1. The van der Waals surface area contributed by atoms with Crippen LogP contribution in [0.2, 0.25) is 0 Å². The van der Waals surface area contributed by atoms with Gasteiger partial charge in [0.05, 0.1) is 6.04 Å². The largest absolute Gasteiger partial charge is 0.388 e. The molecule has 94 valence electrons. The van der Waals surface area contributed by atoms with E-state index in [-0.39, 0.29) is 11.9 Å². The number of nitrogens with one attached hydrogen (secondary N) is 2. The average Bonchev–Trinajstić information content (AvgIpc) is 2.92. The van der Waals surface area contributed by atoms with Gasteiger partial charge in [-0.2, -0.15) is 11.3 Å². The van der Waals surface area contributed by atoms with Crippen LogP contribution in [-0.2, 0) is 0 Å². The SMILES string of the molecule is CNc1ccnc(C(=O)NC(C)c2ccsc2)c1. The molecule has 1 amide bonds. The van der Waals surface area contributed by atoms with E-state index in [1.54, 1.807) is 23.6 Å². The summed E-state index contributed by atoms with van der Waals surface area (Å²) in [4.78, 5) is 16.1. The number of thiophene rings is 1. The fourth-order valence-corrected chi connectivity index (χ4v) is 2.34. The van der Waals surface area contributed by atoms with Crippen LogP contribution in [0.5, 0.6) is 0 Å². The number of pyridine rings is 1. The van der Waals surface area contributed by atoms with E-state index in [0.29, 0.717) is 5.69 Å². The average molecular weight is 261 g/mol. The second-order valence-electron chi connectivity index (χ2n) is 3.93. The Hall–Kier alpha value is -1.88. The molecule has 0 aliphatic carbocycles. The Balaban J connectivity index is 2.07. The van der Waals surface area contributed by atoms with Gasteiger partial charge in [0, 0.05) is 18.9 Å². The van der Waals surface area contributed by atoms with Gasteiger partial charge >= 0.3 is 0 Å². The lowest BCUT2D eigenvalue weighted by atomic mass is 10.2. The molecule has 0 radical (unpaired) electrons. The van der Waals surface area contributed by atoms with Gasteiger partial charge in [0.25, 0.3) is 5.91 Å². The molecule has 2 aromatic rings.